The number of carbonyl (C=O) groups excluding carboxylic acids is 2. The fourth-order valence-electron chi connectivity index (χ4n) is 4.83. The van der Waals surface area contributed by atoms with Gasteiger partial charge in [-0.1, -0.05) is 81.4 Å². The molecule has 0 spiro atoms. The SMILES string of the molecule is COC1CC(C(=O)O)N(C(=O)C(NC(=O)OC2CCCC2)C(C)(C)C)C1.c1ccc(-c2ccccc2)cc1. The van der Waals surface area contributed by atoms with Crippen molar-refractivity contribution in [2.24, 2.45) is 5.41 Å². The van der Waals surface area contributed by atoms with Crippen LogP contribution in [0.25, 0.3) is 11.1 Å². The third-order valence-electron chi connectivity index (χ3n) is 7.00. The minimum atomic E-state index is -1.07. The molecule has 2 N–H and O–H groups in total. The van der Waals surface area contributed by atoms with Gasteiger partial charge in [0.15, 0.2) is 0 Å². The number of alkyl carbamates (subject to hydrolysis) is 1. The van der Waals surface area contributed by atoms with E-state index >= 15 is 0 Å². The molecule has 3 atom stereocenters. The monoisotopic (exact) mass is 524 g/mol. The minimum absolute atomic E-state index is 0.109. The first-order valence-corrected chi connectivity index (χ1v) is 13.2. The Kier molecular flexibility index (Phi) is 10.3. The molecule has 8 heteroatoms. The van der Waals surface area contributed by atoms with Crippen molar-refractivity contribution in [3.05, 3.63) is 60.7 Å². The Bertz CT molecular complexity index is 1010. The molecule has 0 bridgehead atoms. The van der Waals surface area contributed by atoms with E-state index in [4.69, 9.17) is 9.47 Å². The highest BCUT2D eigenvalue weighted by Crippen LogP contribution is 2.28. The quantitative estimate of drug-likeness (QED) is 0.543. The maximum absolute atomic E-state index is 13.1. The van der Waals surface area contributed by atoms with Gasteiger partial charge in [-0.25, -0.2) is 9.59 Å². The number of carboxylic acids is 1. The standard InChI is InChI=1S/C18H30N2O6.C12H10/c1-18(2,3)14(19-17(24)26-11-7-5-6-8-11)15(21)20-10-12(25-4)9-13(20)16(22)23;1-3-7-11(8-4-1)12-9-5-2-6-10-12/h11-14H,5-10H2,1-4H3,(H,19,24)(H,22,23);1-10H. The largest absolute Gasteiger partial charge is 0.480 e. The summed E-state index contributed by atoms with van der Waals surface area (Å²) in [5, 5.41) is 12.1. The highest BCUT2D eigenvalue weighted by atomic mass is 16.6. The number of methoxy groups -OCH3 is 1. The van der Waals surface area contributed by atoms with Crippen LogP contribution in [0.4, 0.5) is 4.79 Å². The van der Waals surface area contributed by atoms with E-state index in [1.165, 1.54) is 23.1 Å². The highest BCUT2D eigenvalue weighted by Gasteiger charge is 2.45. The molecule has 1 heterocycles. The number of hydrogen-bond acceptors (Lipinski definition) is 5. The van der Waals surface area contributed by atoms with Crippen LogP contribution in [0.3, 0.4) is 0 Å². The van der Waals surface area contributed by atoms with Crippen molar-refractivity contribution >= 4 is 18.0 Å². The molecule has 1 aliphatic heterocycles. The van der Waals surface area contributed by atoms with Crippen molar-refractivity contribution in [1.82, 2.24) is 10.2 Å². The molecule has 1 aliphatic carbocycles. The predicted molar refractivity (Wildman–Crippen MR) is 146 cm³/mol. The Morgan fingerprint density at radius 2 is 1.45 bits per heavy atom. The van der Waals surface area contributed by atoms with E-state index in [0.717, 1.165) is 25.7 Å². The number of carboxylic acid groups (broad SMARTS) is 1. The van der Waals surface area contributed by atoms with E-state index in [1.54, 1.807) is 0 Å². The van der Waals surface area contributed by atoms with Crippen molar-refractivity contribution in [2.45, 2.75) is 77.2 Å². The summed E-state index contributed by atoms with van der Waals surface area (Å²) in [6, 6.07) is 18.9. The lowest BCUT2D eigenvalue weighted by Gasteiger charge is -2.34. The second-order valence-corrected chi connectivity index (χ2v) is 10.9. The Balaban J connectivity index is 0.000000275. The van der Waals surface area contributed by atoms with Crippen molar-refractivity contribution in [2.75, 3.05) is 13.7 Å². The van der Waals surface area contributed by atoms with Crippen LogP contribution >= 0.6 is 0 Å². The normalized spacial score (nSPS) is 20.3. The van der Waals surface area contributed by atoms with E-state index in [1.807, 2.05) is 32.9 Å². The van der Waals surface area contributed by atoms with Crippen molar-refractivity contribution < 1.29 is 29.0 Å². The molecule has 0 radical (unpaired) electrons. The highest BCUT2D eigenvalue weighted by molar-refractivity contribution is 5.90. The van der Waals surface area contributed by atoms with Gasteiger partial charge in [0.25, 0.3) is 0 Å². The molecule has 206 valence electrons. The first-order valence-electron chi connectivity index (χ1n) is 13.2. The lowest BCUT2D eigenvalue weighted by atomic mass is 9.85. The van der Waals surface area contributed by atoms with Crippen LogP contribution in [0.15, 0.2) is 60.7 Å². The molecule has 38 heavy (non-hydrogen) atoms. The van der Waals surface area contributed by atoms with Gasteiger partial charge in [-0.2, -0.15) is 0 Å². The van der Waals surface area contributed by atoms with Gasteiger partial charge in [0.05, 0.1) is 6.10 Å². The summed E-state index contributed by atoms with van der Waals surface area (Å²) in [7, 11) is 1.50. The predicted octanol–water partition coefficient (Wildman–Crippen LogP) is 5.12. The van der Waals surface area contributed by atoms with Crippen LogP contribution in [0.5, 0.6) is 0 Å². The van der Waals surface area contributed by atoms with E-state index in [2.05, 4.69) is 53.8 Å². The summed E-state index contributed by atoms with van der Waals surface area (Å²) in [4.78, 5) is 38.2. The number of ether oxygens (including phenoxy) is 2. The van der Waals surface area contributed by atoms with Gasteiger partial charge in [-0.15, -0.1) is 0 Å². The molecule has 2 aromatic carbocycles. The summed E-state index contributed by atoms with van der Waals surface area (Å²) in [5.74, 6) is -1.49. The Hall–Kier alpha value is -3.39. The zero-order chi connectivity index (χ0) is 27.7. The summed E-state index contributed by atoms with van der Waals surface area (Å²) in [6.45, 7) is 5.67. The number of nitrogens with one attached hydrogen (secondary N) is 1. The van der Waals surface area contributed by atoms with Gasteiger partial charge in [0, 0.05) is 20.1 Å². The average molecular weight is 525 g/mol. The Labute approximate surface area is 225 Å². The first-order chi connectivity index (χ1) is 18.1. The van der Waals surface area contributed by atoms with Crippen LogP contribution < -0.4 is 5.32 Å². The fourth-order valence-corrected chi connectivity index (χ4v) is 4.83. The van der Waals surface area contributed by atoms with Crippen LogP contribution in [0.2, 0.25) is 0 Å². The van der Waals surface area contributed by atoms with Crippen LogP contribution in [-0.4, -0.2) is 65.9 Å². The lowest BCUT2D eigenvalue weighted by molar-refractivity contribution is -0.150. The molecule has 1 saturated heterocycles. The summed E-state index contributed by atoms with van der Waals surface area (Å²) >= 11 is 0. The minimum Gasteiger partial charge on any atom is -0.480 e. The molecular formula is C30H40N2O6. The van der Waals surface area contributed by atoms with E-state index < -0.39 is 35.5 Å². The maximum atomic E-state index is 13.1. The third-order valence-corrected chi connectivity index (χ3v) is 7.00. The number of benzene rings is 2. The summed E-state index contributed by atoms with van der Waals surface area (Å²) in [6.07, 6.45) is 2.92. The molecule has 4 rings (SSSR count). The van der Waals surface area contributed by atoms with Crippen LogP contribution in [-0.2, 0) is 19.1 Å². The lowest BCUT2D eigenvalue weighted by Crippen LogP contribution is -2.57. The van der Waals surface area contributed by atoms with Gasteiger partial charge < -0.3 is 24.8 Å². The molecule has 2 fully saturated rings. The second kappa shape index (κ2) is 13.4. The van der Waals surface area contributed by atoms with E-state index in [9.17, 15) is 19.5 Å². The van der Waals surface area contributed by atoms with E-state index in [-0.39, 0.29) is 25.2 Å². The number of amides is 2. The summed E-state index contributed by atoms with van der Waals surface area (Å²) < 4.78 is 10.6. The molecule has 2 amide bonds. The van der Waals surface area contributed by atoms with Crippen molar-refractivity contribution in [3.63, 3.8) is 0 Å². The van der Waals surface area contributed by atoms with Crippen molar-refractivity contribution in [3.8, 4) is 11.1 Å². The molecule has 1 saturated carbocycles. The van der Waals surface area contributed by atoms with E-state index in [0.29, 0.717) is 0 Å². The van der Waals surface area contributed by atoms with Gasteiger partial charge >= 0.3 is 12.1 Å². The fraction of sp³-hybridized carbons (Fsp3) is 0.500. The Morgan fingerprint density at radius 3 is 1.89 bits per heavy atom. The number of hydrogen-bond donors (Lipinski definition) is 2. The molecule has 0 aromatic heterocycles. The maximum Gasteiger partial charge on any atom is 0.408 e. The van der Waals surface area contributed by atoms with Crippen LogP contribution in [0, 0.1) is 5.41 Å². The molecule has 2 aliphatic rings. The number of nitrogens with zero attached hydrogens (tertiary/aromatic N) is 1. The first kappa shape index (κ1) is 29.2. The van der Waals surface area contributed by atoms with Gasteiger partial charge in [-0.05, 0) is 42.2 Å². The molecule has 3 unspecified atom stereocenters. The molecule has 2 aromatic rings. The zero-order valence-electron chi connectivity index (χ0n) is 22.8. The zero-order valence-corrected chi connectivity index (χ0v) is 22.8. The number of rotatable bonds is 6. The Morgan fingerprint density at radius 1 is 0.921 bits per heavy atom. The number of carbonyl (C=O) groups is 3. The topological polar surface area (TPSA) is 105 Å². The number of likely N-dealkylation sites (tertiary alicyclic amines) is 1. The average Bonchev–Trinajstić information content (AvgIpc) is 3.58. The summed E-state index contributed by atoms with van der Waals surface area (Å²) in [5.41, 5.74) is 1.95. The van der Waals surface area contributed by atoms with Gasteiger partial charge in [-0.3, -0.25) is 4.79 Å². The third kappa shape index (κ3) is 8.05. The smallest absolute Gasteiger partial charge is 0.408 e. The van der Waals surface area contributed by atoms with Crippen molar-refractivity contribution in [1.29, 1.82) is 0 Å². The van der Waals surface area contributed by atoms with Gasteiger partial charge in [0.1, 0.15) is 18.2 Å². The second-order valence-electron chi connectivity index (χ2n) is 10.9. The van der Waals surface area contributed by atoms with Gasteiger partial charge in [0.2, 0.25) is 5.91 Å². The molecule has 8 nitrogen and oxygen atoms in total. The molecular weight excluding hydrogens is 484 g/mol. The number of aliphatic carboxylic acids is 1. The van der Waals surface area contributed by atoms with Crippen LogP contribution in [0.1, 0.15) is 52.9 Å².